The number of hydrogen-bond donors (Lipinski definition) is 4. The van der Waals surface area contributed by atoms with Crippen LogP contribution in [0.3, 0.4) is 0 Å². The van der Waals surface area contributed by atoms with Crippen LogP contribution in [0, 0.1) is 20.8 Å². The maximum atomic E-state index is 13.2. The fraction of sp³-hybridized carbons (Fsp3) is 0.467. The molecule has 0 saturated carbocycles. The lowest BCUT2D eigenvalue weighted by Crippen LogP contribution is -2.65. The molecule has 2 aromatic carbocycles. The predicted octanol–water partition coefficient (Wildman–Crippen LogP) is 2.29. The number of carbonyl (C=O) groups is 4. The first-order chi connectivity index (χ1) is 20.4. The van der Waals surface area contributed by atoms with Gasteiger partial charge >= 0.3 is 12.1 Å². The molecule has 14 heteroatoms. The highest BCUT2D eigenvalue weighted by atomic mass is 32.2. The van der Waals surface area contributed by atoms with E-state index in [2.05, 4.69) is 15.4 Å². The van der Waals surface area contributed by atoms with Crippen molar-refractivity contribution in [2.24, 2.45) is 0 Å². The number of nitrogens with zero attached hydrogens (tertiary/aromatic N) is 1. The van der Waals surface area contributed by atoms with E-state index in [1.165, 1.54) is 12.0 Å². The molecule has 240 valence electrons. The second-order valence-corrected chi connectivity index (χ2v) is 13.3. The number of carbonyl (C=O) groups excluding carboxylic acids is 3. The predicted molar refractivity (Wildman–Crippen MR) is 160 cm³/mol. The van der Waals surface area contributed by atoms with Crippen molar-refractivity contribution < 1.29 is 42.2 Å². The van der Waals surface area contributed by atoms with Crippen LogP contribution >= 0.6 is 0 Å². The third-order valence-corrected chi connectivity index (χ3v) is 8.79. The van der Waals surface area contributed by atoms with E-state index in [0.717, 1.165) is 5.56 Å². The van der Waals surface area contributed by atoms with Crippen LogP contribution in [0.2, 0.25) is 0 Å². The molecule has 0 spiro atoms. The van der Waals surface area contributed by atoms with Crippen molar-refractivity contribution in [3.8, 4) is 5.75 Å². The number of amides is 3. The van der Waals surface area contributed by atoms with E-state index in [4.69, 9.17) is 9.47 Å². The Morgan fingerprint density at radius 2 is 1.66 bits per heavy atom. The van der Waals surface area contributed by atoms with Crippen LogP contribution in [0.1, 0.15) is 55.0 Å². The van der Waals surface area contributed by atoms with Crippen molar-refractivity contribution in [3.05, 3.63) is 58.1 Å². The van der Waals surface area contributed by atoms with Gasteiger partial charge in [0, 0.05) is 13.1 Å². The largest absolute Gasteiger partial charge is 0.496 e. The van der Waals surface area contributed by atoms with Gasteiger partial charge in [0.15, 0.2) is 0 Å². The van der Waals surface area contributed by atoms with Gasteiger partial charge in [-0.15, -0.1) is 0 Å². The molecule has 2 aromatic rings. The lowest BCUT2D eigenvalue weighted by atomic mass is 10.0. The molecule has 1 aliphatic rings. The van der Waals surface area contributed by atoms with Crippen molar-refractivity contribution in [1.29, 1.82) is 0 Å². The molecule has 0 bridgehead atoms. The monoisotopic (exact) mass is 632 g/mol. The summed E-state index contributed by atoms with van der Waals surface area (Å²) in [4.78, 5) is 51.1. The number of carboxylic acids is 1. The quantitative estimate of drug-likeness (QED) is 0.289. The number of methoxy groups -OCH3 is 1. The van der Waals surface area contributed by atoms with Crippen molar-refractivity contribution >= 4 is 33.9 Å². The van der Waals surface area contributed by atoms with Crippen molar-refractivity contribution in [2.45, 2.75) is 83.6 Å². The lowest BCUT2D eigenvalue weighted by Gasteiger charge is -2.38. The first-order valence-electron chi connectivity index (χ1n) is 13.9. The van der Waals surface area contributed by atoms with E-state index < -0.39 is 58.0 Å². The number of piperazine rings is 1. The van der Waals surface area contributed by atoms with Gasteiger partial charge in [-0.25, -0.2) is 17.9 Å². The van der Waals surface area contributed by atoms with E-state index in [-0.39, 0.29) is 24.5 Å². The number of nitrogens with one attached hydrogen (secondary N) is 3. The Hall–Kier alpha value is -4.17. The van der Waals surface area contributed by atoms with Gasteiger partial charge in [0.25, 0.3) is 0 Å². The number of hydrogen-bond acceptors (Lipinski definition) is 8. The molecule has 2 atom stereocenters. The summed E-state index contributed by atoms with van der Waals surface area (Å²) in [6, 6.07) is 6.04. The van der Waals surface area contributed by atoms with E-state index in [0.29, 0.717) is 28.0 Å². The molecule has 0 aliphatic carbocycles. The summed E-state index contributed by atoms with van der Waals surface area (Å²) >= 11 is 0. The molecule has 1 aliphatic heterocycles. The molecule has 13 nitrogen and oxygen atoms in total. The van der Waals surface area contributed by atoms with Gasteiger partial charge < -0.3 is 30.1 Å². The second kappa shape index (κ2) is 13.6. The van der Waals surface area contributed by atoms with Gasteiger partial charge in [-0.05, 0) is 75.4 Å². The SMILES string of the molecule is COc1cc(C)c(S(=O)(=O)NCc2ccc(CN3C(=O)[C@@H](CC(=O)O)NC(=O)[C@@H]3CNC(=O)OC(C)(C)C)cc2)c(C)c1C. The Kier molecular flexibility index (Phi) is 10.6. The number of benzene rings is 2. The smallest absolute Gasteiger partial charge is 0.407 e. The fourth-order valence-corrected chi connectivity index (χ4v) is 6.42. The Balaban J connectivity index is 1.76. The van der Waals surface area contributed by atoms with Crippen molar-refractivity contribution in [3.63, 3.8) is 0 Å². The fourth-order valence-electron chi connectivity index (χ4n) is 4.88. The summed E-state index contributed by atoms with van der Waals surface area (Å²) in [5, 5.41) is 14.2. The number of alkyl carbamates (subject to hydrolysis) is 1. The number of carboxylic acid groups (broad SMARTS) is 1. The number of rotatable bonds is 11. The number of aliphatic carboxylic acids is 1. The summed E-state index contributed by atoms with van der Waals surface area (Å²) in [6.07, 6.45) is -1.37. The van der Waals surface area contributed by atoms with Gasteiger partial charge in [0.1, 0.15) is 23.4 Å². The number of aryl methyl sites for hydroxylation is 1. The number of sulfonamides is 1. The van der Waals surface area contributed by atoms with Gasteiger partial charge in [-0.1, -0.05) is 24.3 Å². The highest BCUT2D eigenvalue weighted by Crippen LogP contribution is 2.30. The molecule has 0 aromatic heterocycles. The van der Waals surface area contributed by atoms with E-state index in [1.807, 2.05) is 0 Å². The Labute approximate surface area is 257 Å². The van der Waals surface area contributed by atoms with Crippen molar-refractivity contribution in [1.82, 2.24) is 20.3 Å². The summed E-state index contributed by atoms with van der Waals surface area (Å²) < 4.78 is 39.6. The Bertz CT molecular complexity index is 1530. The maximum Gasteiger partial charge on any atom is 0.407 e. The zero-order chi connectivity index (χ0) is 33.0. The van der Waals surface area contributed by atoms with Crippen LogP contribution < -0.4 is 20.1 Å². The zero-order valence-corrected chi connectivity index (χ0v) is 26.8. The molecular weight excluding hydrogens is 592 g/mol. The van der Waals surface area contributed by atoms with E-state index in [9.17, 15) is 32.7 Å². The summed E-state index contributed by atoms with van der Waals surface area (Å²) in [7, 11) is -2.33. The van der Waals surface area contributed by atoms with Crippen LogP contribution in [-0.2, 0) is 42.2 Å². The van der Waals surface area contributed by atoms with Crippen LogP contribution in [0.4, 0.5) is 4.79 Å². The molecule has 4 N–H and O–H groups in total. The van der Waals surface area contributed by atoms with Crippen LogP contribution in [0.5, 0.6) is 5.75 Å². The summed E-state index contributed by atoms with van der Waals surface area (Å²) in [5.74, 6) is -1.87. The summed E-state index contributed by atoms with van der Waals surface area (Å²) in [6.45, 7) is 9.97. The normalized spacial score (nSPS) is 17.2. The minimum atomic E-state index is -3.86. The molecule has 1 saturated heterocycles. The molecule has 0 radical (unpaired) electrons. The third-order valence-electron chi connectivity index (χ3n) is 7.10. The first kappa shape index (κ1) is 34.3. The third kappa shape index (κ3) is 8.47. The minimum Gasteiger partial charge on any atom is -0.496 e. The van der Waals surface area contributed by atoms with Gasteiger partial charge in [0.05, 0.1) is 25.0 Å². The van der Waals surface area contributed by atoms with E-state index >= 15 is 0 Å². The van der Waals surface area contributed by atoms with Gasteiger partial charge in [-0.2, -0.15) is 0 Å². The molecule has 3 rings (SSSR count). The molecule has 1 fully saturated rings. The summed E-state index contributed by atoms with van der Waals surface area (Å²) in [5.41, 5.74) is 2.36. The topological polar surface area (TPSA) is 180 Å². The highest BCUT2D eigenvalue weighted by molar-refractivity contribution is 7.89. The average molecular weight is 633 g/mol. The molecule has 0 unspecified atom stereocenters. The molecule has 44 heavy (non-hydrogen) atoms. The number of ether oxygens (including phenoxy) is 2. The van der Waals surface area contributed by atoms with Crippen LogP contribution in [0.15, 0.2) is 35.2 Å². The van der Waals surface area contributed by atoms with Crippen LogP contribution in [-0.4, -0.2) is 73.6 Å². The molecular formula is C30H40N4O9S. The standard InChI is InChI=1S/C30H40N4O9S/c1-17-12-24(42-7)18(2)19(3)26(17)44(40,41)32-14-20-8-10-21(11-9-20)16-34-23(15-31-29(39)43-30(4,5)6)27(37)33-22(28(34)38)13-25(35)36/h8-12,22-23,32H,13-16H2,1-7H3,(H,31,39)(H,33,37)(H,35,36)/t22-,23+/m1/s1. The zero-order valence-electron chi connectivity index (χ0n) is 25.9. The average Bonchev–Trinajstić information content (AvgIpc) is 2.91. The van der Waals surface area contributed by atoms with Crippen molar-refractivity contribution in [2.75, 3.05) is 13.7 Å². The lowest BCUT2D eigenvalue weighted by molar-refractivity contribution is -0.152. The minimum absolute atomic E-state index is 0.000734. The van der Waals surface area contributed by atoms with Crippen LogP contribution in [0.25, 0.3) is 0 Å². The Morgan fingerprint density at radius 1 is 1.05 bits per heavy atom. The van der Waals surface area contributed by atoms with Gasteiger partial charge in [0.2, 0.25) is 21.8 Å². The first-order valence-corrected chi connectivity index (χ1v) is 15.4. The Morgan fingerprint density at radius 3 is 2.23 bits per heavy atom. The molecule has 1 heterocycles. The van der Waals surface area contributed by atoms with Gasteiger partial charge in [-0.3, -0.25) is 14.4 Å². The molecule has 3 amide bonds. The highest BCUT2D eigenvalue weighted by Gasteiger charge is 2.41. The van der Waals surface area contributed by atoms with E-state index in [1.54, 1.807) is 71.9 Å². The second-order valence-electron chi connectivity index (χ2n) is 11.6. The maximum absolute atomic E-state index is 13.2.